The quantitative estimate of drug-likeness (QED) is 0.0410. The molecule has 0 atom stereocenters. The second kappa shape index (κ2) is 25.4. The number of hydrogen-bond donors (Lipinski definition) is 0. The van der Waals surface area contributed by atoms with Gasteiger partial charge in [-0.1, -0.05) is 202 Å². The van der Waals surface area contributed by atoms with Crippen LogP contribution in [0.4, 0.5) is 34.1 Å². The Labute approximate surface area is 408 Å². The molecule has 1 heterocycles. The van der Waals surface area contributed by atoms with Crippen LogP contribution in [-0.4, -0.2) is 18.8 Å². The Balaban J connectivity index is 1.16. The van der Waals surface area contributed by atoms with E-state index >= 15 is 0 Å². The zero-order chi connectivity index (χ0) is 46.1. The highest BCUT2D eigenvalue weighted by Gasteiger charge is 2.48. The molecular formula is C58H78Cl2N6. The molecule has 354 valence electrons. The summed E-state index contributed by atoms with van der Waals surface area (Å²) in [5.74, 6) is 0.771. The monoisotopic (exact) mass is 929 g/mol. The van der Waals surface area contributed by atoms with Crippen molar-refractivity contribution < 1.29 is 0 Å². The van der Waals surface area contributed by atoms with Crippen molar-refractivity contribution in [1.29, 1.82) is 0 Å². The normalized spacial score (nSPS) is 17.5. The molecule has 0 unspecified atom stereocenters. The average Bonchev–Trinajstić information content (AvgIpc) is 3.34. The summed E-state index contributed by atoms with van der Waals surface area (Å²) in [5, 5.41) is 24.5. The molecule has 1 fully saturated rings. The number of benzene rings is 5. The second-order valence-corrected chi connectivity index (χ2v) is 20.5. The Morgan fingerprint density at radius 3 is 1.39 bits per heavy atom. The molecule has 1 aliphatic heterocycles. The van der Waals surface area contributed by atoms with Gasteiger partial charge in [0.1, 0.15) is 11.4 Å². The first-order valence-corrected chi connectivity index (χ1v) is 27.0. The summed E-state index contributed by atoms with van der Waals surface area (Å²) < 4.78 is 0. The van der Waals surface area contributed by atoms with Gasteiger partial charge < -0.3 is 9.80 Å². The van der Waals surface area contributed by atoms with E-state index in [1.807, 2.05) is 43.3 Å². The second-order valence-electron chi connectivity index (χ2n) is 19.7. The molecule has 8 heteroatoms. The number of nitrogens with zero attached hydrogens (tertiary/aromatic N) is 6. The minimum Gasteiger partial charge on any atom is -0.348 e. The molecule has 5 aromatic rings. The van der Waals surface area contributed by atoms with Crippen LogP contribution in [0.2, 0.25) is 10.0 Å². The Hall–Kier alpha value is -4.00. The molecule has 7 rings (SSSR count). The summed E-state index contributed by atoms with van der Waals surface area (Å²) >= 11 is 13.0. The molecule has 0 amide bonds. The highest BCUT2D eigenvalue weighted by molar-refractivity contribution is 6.44. The van der Waals surface area contributed by atoms with Gasteiger partial charge in [-0.3, -0.25) is 0 Å². The minimum atomic E-state index is 0.00440. The van der Waals surface area contributed by atoms with E-state index in [1.54, 1.807) is 0 Å². The molecule has 1 saturated carbocycles. The predicted octanol–water partition coefficient (Wildman–Crippen LogP) is 20.8. The maximum atomic E-state index is 6.54. The standard InChI is InChI=1S/C58H78Cl2N6/c1-5-7-9-11-13-15-17-19-21-25-42-65-53-31-27-30-48-51(63-61-49-34-35-50(47-29-24-23-28-46(47)49)62-64-52-33-32-45(4)56(59)57(52)60)36-37-54(55(48)53)66(58(65)40-38-44(3)39-41-58)43-26-22-20-18-16-14-12-10-8-6-2/h23-24,27-37,44H,5-22,25-26,38-43H2,1-4H3/b63-61+,64-62+. The Morgan fingerprint density at radius 1 is 0.470 bits per heavy atom. The highest BCUT2D eigenvalue weighted by Crippen LogP contribution is 2.53. The third-order valence-electron chi connectivity index (χ3n) is 14.8. The van der Waals surface area contributed by atoms with Gasteiger partial charge in [0, 0.05) is 46.0 Å². The lowest BCUT2D eigenvalue weighted by Crippen LogP contribution is -2.65. The lowest BCUT2D eigenvalue weighted by molar-refractivity contribution is 0.216. The van der Waals surface area contributed by atoms with Crippen LogP contribution in [0, 0.1) is 12.8 Å². The Morgan fingerprint density at radius 2 is 0.879 bits per heavy atom. The third kappa shape index (κ3) is 12.4. The SMILES string of the molecule is CCCCCCCCCCCCN1c2cccc3c(/N=N/c4ccc(/N=N/c5ccc(C)c(Cl)c5Cl)c5ccccc45)ccc(c23)N(CCCCCCCCCCCC)C12CCC(C)CC2. The number of aryl methyl sites for hydroxylation is 1. The van der Waals surface area contributed by atoms with Crippen LogP contribution >= 0.6 is 23.2 Å². The smallest absolute Gasteiger partial charge is 0.113 e. The topological polar surface area (TPSA) is 55.9 Å². The highest BCUT2D eigenvalue weighted by atomic mass is 35.5. The fraction of sp³-hybridized carbons (Fsp3) is 0.552. The lowest BCUT2D eigenvalue weighted by atomic mass is 9.78. The number of hydrogen-bond acceptors (Lipinski definition) is 6. The minimum absolute atomic E-state index is 0.00440. The van der Waals surface area contributed by atoms with Crippen LogP contribution < -0.4 is 9.80 Å². The molecule has 6 nitrogen and oxygen atoms in total. The van der Waals surface area contributed by atoms with Crippen molar-refractivity contribution in [2.24, 2.45) is 26.4 Å². The number of anilines is 2. The molecule has 0 bridgehead atoms. The predicted molar refractivity (Wildman–Crippen MR) is 286 cm³/mol. The summed E-state index contributed by atoms with van der Waals surface area (Å²) in [6.07, 6.45) is 32.1. The van der Waals surface area contributed by atoms with Crippen LogP contribution in [0.25, 0.3) is 21.5 Å². The van der Waals surface area contributed by atoms with E-state index in [2.05, 4.69) is 83.3 Å². The summed E-state index contributed by atoms with van der Waals surface area (Å²) in [6, 6.07) is 27.5. The maximum absolute atomic E-state index is 6.54. The van der Waals surface area contributed by atoms with E-state index in [4.69, 9.17) is 33.4 Å². The number of azo groups is 2. The van der Waals surface area contributed by atoms with Crippen molar-refractivity contribution in [2.45, 2.75) is 187 Å². The summed E-state index contributed by atoms with van der Waals surface area (Å²) in [5.41, 5.74) is 6.65. The van der Waals surface area contributed by atoms with Gasteiger partial charge in [-0.05, 0) is 93.3 Å². The summed E-state index contributed by atoms with van der Waals surface area (Å²) in [6.45, 7) is 11.2. The van der Waals surface area contributed by atoms with Gasteiger partial charge in [-0.2, -0.15) is 0 Å². The molecular weight excluding hydrogens is 852 g/mol. The molecule has 0 radical (unpaired) electrons. The van der Waals surface area contributed by atoms with Crippen LogP contribution in [0.5, 0.6) is 0 Å². The number of rotatable bonds is 26. The molecule has 1 spiro atoms. The number of unbranched alkanes of at least 4 members (excludes halogenated alkanes) is 18. The molecule has 0 N–H and O–H groups in total. The third-order valence-corrected chi connectivity index (χ3v) is 15.7. The van der Waals surface area contributed by atoms with Crippen molar-refractivity contribution in [2.75, 3.05) is 22.9 Å². The van der Waals surface area contributed by atoms with Crippen molar-refractivity contribution in [3.63, 3.8) is 0 Å². The van der Waals surface area contributed by atoms with Gasteiger partial charge in [-0.25, -0.2) is 0 Å². The lowest BCUT2D eigenvalue weighted by Gasteiger charge is -2.59. The van der Waals surface area contributed by atoms with E-state index in [0.29, 0.717) is 15.7 Å². The first-order chi connectivity index (χ1) is 32.4. The van der Waals surface area contributed by atoms with E-state index in [9.17, 15) is 0 Å². The first-order valence-electron chi connectivity index (χ1n) is 26.3. The van der Waals surface area contributed by atoms with E-state index in [-0.39, 0.29) is 5.66 Å². The first kappa shape index (κ1) is 49.9. The van der Waals surface area contributed by atoms with E-state index in [0.717, 1.165) is 52.4 Å². The van der Waals surface area contributed by atoms with Crippen molar-refractivity contribution in [3.8, 4) is 0 Å². The Bertz CT molecular complexity index is 2320. The van der Waals surface area contributed by atoms with Gasteiger partial charge >= 0.3 is 0 Å². The molecule has 0 aromatic heterocycles. The molecule has 0 saturated heterocycles. The van der Waals surface area contributed by atoms with Gasteiger partial charge in [0.15, 0.2) is 0 Å². The van der Waals surface area contributed by atoms with E-state index in [1.165, 1.54) is 176 Å². The zero-order valence-electron chi connectivity index (χ0n) is 40.9. The van der Waals surface area contributed by atoms with Gasteiger partial charge in [0.2, 0.25) is 0 Å². The van der Waals surface area contributed by atoms with Gasteiger partial charge in [-0.15, -0.1) is 20.5 Å². The summed E-state index contributed by atoms with van der Waals surface area (Å²) in [7, 11) is 0. The van der Waals surface area contributed by atoms with Gasteiger partial charge in [0.05, 0.1) is 27.1 Å². The summed E-state index contributed by atoms with van der Waals surface area (Å²) in [4.78, 5) is 5.80. The van der Waals surface area contributed by atoms with E-state index < -0.39 is 0 Å². The van der Waals surface area contributed by atoms with Gasteiger partial charge in [0.25, 0.3) is 0 Å². The average molecular weight is 930 g/mol. The maximum Gasteiger partial charge on any atom is 0.113 e. The number of fused-ring (bicyclic) bond motifs is 1. The van der Waals surface area contributed by atoms with Crippen LogP contribution in [0.3, 0.4) is 0 Å². The molecule has 1 aliphatic carbocycles. The number of halogens is 2. The molecule has 5 aromatic carbocycles. The van der Waals surface area contributed by atoms with Crippen LogP contribution in [0.15, 0.2) is 99.3 Å². The van der Waals surface area contributed by atoms with Crippen LogP contribution in [0.1, 0.15) is 180 Å². The van der Waals surface area contributed by atoms with Crippen molar-refractivity contribution in [3.05, 3.63) is 94.5 Å². The molecule has 2 aliphatic rings. The van der Waals surface area contributed by atoms with Crippen molar-refractivity contribution >= 4 is 78.9 Å². The fourth-order valence-electron chi connectivity index (χ4n) is 10.8. The van der Waals surface area contributed by atoms with Crippen molar-refractivity contribution in [1.82, 2.24) is 0 Å². The largest absolute Gasteiger partial charge is 0.348 e. The zero-order valence-corrected chi connectivity index (χ0v) is 42.4. The fourth-order valence-corrected chi connectivity index (χ4v) is 11.2. The van der Waals surface area contributed by atoms with Crippen LogP contribution in [-0.2, 0) is 0 Å². The molecule has 66 heavy (non-hydrogen) atoms. The Kier molecular flexibility index (Phi) is 19.2.